The van der Waals surface area contributed by atoms with Gasteiger partial charge in [-0.15, -0.1) is 0 Å². The number of nitrogens with two attached hydrogens (primary N) is 1. The van der Waals surface area contributed by atoms with Crippen molar-refractivity contribution in [1.82, 2.24) is 9.80 Å². The van der Waals surface area contributed by atoms with Crippen molar-refractivity contribution >= 4 is 0 Å². The molecule has 1 saturated heterocycles. The summed E-state index contributed by atoms with van der Waals surface area (Å²) >= 11 is 0. The molecule has 1 saturated carbocycles. The normalized spacial score (nSPS) is 24.2. The van der Waals surface area contributed by atoms with Gasteiger partial charge in [-0.3, -0.25) is 9.80 Å². The number of rotatable bonds is 6. The van der Waals surface area contributed by atoms with E-state index in [4.69, 9.17) is 5.73 Å². The molecule has 0 aromatic heterocycles. The van der Waals surface area contributed by atoms with Crippen molar-refractivity contribution in [3.05, 3.63) is 35.9 Å². The summed E-state index contributed by atoms with van der Waals surface area (Å²) in [6.07, 6.45) is 4.15. The summed E-state index contributed by atoms with van der Waals surface area (Å²) in [4.78, 5) is 5.26. The van der Waals surface area contributed by atoms with Crippen molar-refractivity contribution in [3.8, 4) is 0 Å². The average Bonchev–Trinajstić information content (AvgIpc) is 3.17. The zero-order chi connectivity index (χ0) is 13.1. The van der Waals surface area contributed by atoms with Crippen LogP contribution in [0.4, 0.5) is 0 Å². The van der Waals surface area contributed by atoms with Crippen LogP contribution in [0.5, 0.6) is 0 Å². The standard InChI is InChI=1S/C16H25N3/c17-9-11-19(12-14-4-2-1-3-5-14)16-8-10-18(13-16)15-6-7-15/h1-5,15-16H,6-13,17H2. The Morgan fingerprint density at radius 1 is 1.16 bits per heavy atom. The molecular formula is C16H25N3. The second-order valence-electron chi connectivity index (χ2n) is 5.91. The molecule has 0 radical (unpaired) electrons. The van der Waals surface area contributed by atoms with Gasteiger partial charge in [0.25, 0.3) is 0 Å². The molecule has 19 heavy (non-hydrogen) atoms. The van der Waals surface area contributed by atoms with E-state index >= 15 is 0 Å². The van der Waals surface area contributed by atoms with Crippen LogP contribution in [0.25, 0.3) is 0 Å². The van der Waals surface area contributed by atoms with Gasteiger partial charge in [-0.05, 0) is 24.8 Å². The molecule has 3 nitrogen and oxygen atoms in total. The number of hydrogen-bond acceptors (Lipinski definition) is 3. The van der Waals surface area contributed by atoms with Gasteiger partial charge in [0.05, 0.1) is 0 Å². The maximum Gasteiger partial charge on any atom is 0.0239 e. The molecule has 1 aromatic carbocycles. The van der Waals surface area contributed by atoms with Crippen LogP contribution in [0.1, 0.15) is 24.8 Å². The van der Waals surface area contributed by atoms with Crippen molar-refractivity contribution in [3.63, 3.8) is 0 Å². The van der Waals surface area contributed by atoms with E-state index in [0.29, 0.717) is 6.04 Å². The predicted octanol–water partition coefficient (Wildman–Crippen LogP) is 1.68. The quantitative estimate of drug-likeness (QED) is 0.844. The zero-order valence-corrected chi connectivity index (χ0v) is 11.7. The summed E-state index contributed by atoms with van der Waals surface area (Å²) in [5.41, 5.74) is 7.21. The number of hydrogen-bond donors (Lipinski definition) is 1. The summed E-state index contributed by atoms with van der Waals surface area (Å²) in [6, 6.07) is 12.4. The van der Waals surface area contributed by atoms with Crippen LogP contribution in [0.2, 0.25) is 0 Å². The highest BCUT2D eigenvalue weighted by atomic mass is 15.3. The van der Waals surface area contributed by atoms with Gasteiger partial charge in [0.2, 0.25) is 0 Å². The Balaban J connectivity index is 1.60. The minimum Gasteiger partial charge on any atom is -0.329 e. The Kier molecular flexibility index (Phi) is 4.16. The Bertz CT molecular complexity index is 388. The van der Waals surface area contributed by atoms with E-state index in [1.54, 1.807) is 0 Å². The summed E-state index contributed by atoms with van der Waals surface area (Å²) < 4.78 is 0. The van der Waals surface area contributed by atoms with Crippen LogP contribution in [0.15, 0.2) is 30.3 Å². The fraction of sp³-hybridized carbons (Fsp3) is 0.625. The second kappa shape index (κ2) is 6.04. The lowest BCUT2D eigenvalue weighted by atomic mass is 10.1. The van der Waals surface area contributed by atoms with Crippen LogP contribution in [0.3, 0.4) is 0 Å². The van der Waals surface area contributed by atoms with Gasteiger partial charge in [-0.25, -0.2) is 0 Å². The van der Waals surface area contributed by atoms with Crippen molar-refractivity contribution in [2.45, 2.75) is 37.9 Å². The Hall–Kier alpha value is -0.900. The van der Waals surface area contributed by atoms with Gasteiger partial charge in [0.1, 0.15) is 0 Å². The lowest BCUT2D eigenvalue weighted by Crippen LogP contribution is -2.40. The average molecular weight is 259 g/mol. The molecule has 0 bridgehead atoms. The minimum absolute atomic E-state index is 0.698. The van der Waals surface area contributed by atoms with E-state index in [-0.39, 0.29) is 0 Å². The first-order chi connectivity index (χ1) is 9.36. The molecule has 2 N–H and O–H groups in total. The number of benzene rings is 1. The molecule has 3 heteroatoms. The molecule has 0 amide bonds. The molecule has 2 fully saturated rings. The molecule has 2 aliphatic rings. The fourth-order valence-corrected chi connectivity index (χ4v) is 3.21. The molecule has 3 rings (SSSR count). The first-order valence-electron chi connectivity index (χ1n) is 7.59. The maximum absolute atomic E-state index is 5.80. The molecule has 1 aliphatic heterocycles. The third-order valence-corrected chi connectivity index (χ3v) is 4.42. The number of likely N-dealkylation sites (tertiary alicyclic amines) is 1. The van der Waals surface area contributed by atoms with E-state index in [2.05, 4.69) is 40.1 Å². The summed E-state index contributed by atoms with van der Waals surface area (Å²) in [5, 5.41) is 0. The largest absolute Gasteiger partial charge is 0.329 e. The molecule has 1 aliphatic carbocycles. The highest BCUT2D eigenvalue weighted by molar-refractivity contribution is 5.14. The van der Waals surface area contributed by atoms with E-state index in [1.807, 2.05) is 0 Å². The zero-order valence-electron chi connectivity index (χ0n) is 11.7. The topological polar surface area (TPSA) is 32.5 Å². The lowest BCUT2D eigenvalue weighted by molar-refractivity contribution is 0.187. The lowest BCUT2D eigenvalue weighted by Gasteiger charge is -2.28. The molecule has 1 heterocycles. The van der Waals surface area contributed by atoms with Crippen molar-refractivity contribution in [2.75, 3.05) is 26.2 Å². The van der Waals surface area contributed by atoms with Crippen LogP contribution < -0.4 is 5.73 Å². The highest BCUT2D eigenvalue weighted by Crippen LogP contribution is 2.31. The number of nitrogens with zero attached hydrogens (tertiary/aromatic N) is 2. The Morgan fingerprint density at radius 3 is 2.63 bits per heavy atom. The summed E-state index contributed by atoms with van der Waals surface area (Å²) in [7, 11) is 0. The Labute approximate surface area is 116 Å². The van der Waals surface area contributed by atoms with Crippen LogP contribution in [0, 0.1) is 0 Å². The first-order valence-corrected chi connectivity index (χ1v) is 7.59. The van der Waals surface area contributed by atoms with E-state index in [1.165, 1.54) is 37.9 Å². The van der Waals surface area contributed by atoms with Crippen LogP contribution >= 0.6 is 0 Å². The van der Waals surface area contributed by atoms with Crippen molar-refractivity contribution in [2.24, 2.45) is 5.73 Å². The molecular weight excluding hydrogens is 234 g/mol. The third kappa shape index (κ3) is 3.35. The van der Waals surface area contributed by atoms with Gasteiger partial charge < -0.3 is 5.73 Å². The summed E-state index contributed by atoms with van der Waals surface area (Å²) in [6.45, 7) is 5.34. The predicted molar refractivity (Wildman–Crippen MR) is 78.9 cm³/mol. The van der Waals surface area contributed by atoms with E-state index in [9.17, 15) is 0 Å². The second-order valence-corrected chi connectivity index (χ2v) is 5.91. The first kappa shape index (κ1) is 13.1. The summed E-state index contributed by atoms with van der Waals surface area (Å²) in [5.74, 6) is 0. The van der Waals surface area contributed by atoms with Crippen molar-refractivity contribution < 1.29 is 0 Å². The van der Waals surface area contributed by atoms with E-state index in [0.717, 1.165) is 25.7 Å². The fourth-order valence-electron chi connectivity index (χ4n) is 3.21. The van der Waals surface area contributed by atoms with Crippen LogP contribution in [-0.2, 0) is 6.54 Å². The Morgan fingerprint density at radius 2 is 1.95 bits per heavy atom. The highest BCUT2D eigenvalue weighted by Gasteiger charge is 2.36. The van der Waals surface area contributed by atoms with Gasteiger partial charge >= 0.3 is 0 Å². The SMILES string of the molecule is NCCN(Cc1ccccc1)C1CCN(C2CC2)C1. The van der Waals surface area contributed by atoms with Gasteiger partial charge in [0.15, 0.2) is 0 Å². The monoisotopic (exact) mass is 259 g/mol. The van der Waals surface area contributed by atoms with Gasteiger partial charge in [-0.2, -0.15) is 0 Å². The van der Waals surface area contributed by atoms with Crippen LogP contribution in [-0.4, -0.2) is 48.1 Å². The third-order valence-electron chi connectivity index (χ3n) is 4.42. The van der Waals surface area contributed by atoms with E-state index < -0.39 is 0 Å². The van der Waals surface area contributed by atoms with Gasteiger partial charge in [-0.1, -0.05) is 30.3 Å². The minimum atomic E-state index is 0.698. The smallest absolute Gasteiger partial charge is 0.0239 e. The molecule has 1 aromatic rings. The molecule has 0 spiro atoms. The maximum atomic E-state index is 5.80. The molecule has 1 atom stereocenters. The molecule has 104 valence electrons. The van der Waals surface area contributed by atoms with Gasteiger partial charge in [0, 0.05) is 44.8 Å². The molecule has 1 unspecified atom stereocenters. The van der Waals surface area contributed by atoms with Crippen molar-refractivity contribution in [1.29, 1.82) is 0 Å².